The van der Waals surface area contributed by atoms with Crippen molar-refractivity contribution in [2.24, 2.45) is 0 Å². The summed E-state index contributed by atoms with van der Waals surface area (Å²) in [5.41, 5.74) is 3.91. The fourth-order valence-corrected chi connectivity index (χ4v) is 3.87. The van der Waals surface area contributed by atoms with Crippen molar-refractivity contribution in [3.63, 3.8) is 0 Å². The SMILES string of the molecule is CCSc1ccccc1C(=O)NCCc1c(C)nn(-c2ccccn2)c1C. The minimum Gasteiger partial charge on any atom is -0.352 e. The molecule has 140 valence electrons. The summed E-state index contributed by atoms with van der Waals surface area (Å²) in [4.78, 5) is 18.0. The summed E-state index contributed by atoms with van der Waals surface area (Å²) in [6, 6.07) is 13.5. The van der Waals surface area contributed by atoms with E-state index in [2.05, 4.69) is 22.3 Å². The van der Waals surface area contributed by atoms with Gasteiger partial charge >= 0.3 is 0 Å². The van der Waals surface area contributed by atoms with Crippen LogP contribution in [0.5, 0.6) is 0 Å². The monoisotopic (exact) mass is 380 g/mol. The molecule has 0 saturated carbocycles. The van der Waals surface area contributed by atoms with Gasteiger partial charge in [0.15, 0.2) is 5.82 Å². The zero-order valence-electron chi connectivity index (χ0n) is 15.9. The second-order valence-corrected chi connectivity index (χ2v) is 7.49. The number of nitrogens with one attached hydrogen (secondary N) is 1. The molecule has 0 bridgehead atoms. The van der Waals surface area contributed by atoms with Crippen molar-refractivity contribution >= 4 is 17.7 Å². The van der Waals surface area contributed by atoms with Crippen molar-refractivity contribution in [3.05, 3.63) is 71.2 Å². The minimum absolute atomic E-state index is 0.0287. The first kappa shape index (κ1) is 19.2. The molecule has 0 unspecified atom stereocenters. The van der Waals surface area contributed by atoms with E-state index in [-0.39, 0.29) is 5.91 Å². The van der Waals surface area contributed by atoms with Crippen LogP contribution in [-0.2, 0) is 6.42 Å². The highest BCUT2D eigenvalue weighted by Gasteiger charge is 2.15. The third-order valence-corrected chi connectivity index (χ3v) is 5.36. The van der Waals surface area contributed by atoms with E-state index in [1.807, 2.05) is 61.0 Å². The topological polar surface area (TPSA) is 59.8 Å². The van der Waals surface area contributed by atoms with Crippen LogP contribution in [0.3, 0.4) is 0 Å². The second kappa shape index (κ2) is 8.86. The molecule has 0 aliphatic carbocycles. The van der Waals surface area contributed by atoms with Crippen LogP contribution in [0.1, 0.15) is 34.2 Å². The number of nitrogens with zero attached hydrogens (tertiary/aromatic N) is 3. The molecule has 0 radical (unpaired) electrons. The molecule has 0 fully saturated rings. The predicted octanol–water partition coefficient (Wildman–Crippen LogP) is 3.97. The molecule has 6 heteroatoms. The average Bonchev–Trinajstić information content (AvgIpc) is 2.97. The number of benzene rings is 1. The van der Waals surface area contributed by atoms with Gasteiger partial charge in [-0.3, -0.25) is 4.79 Å². The molecular weight excluding hydrogens is 356 g/mol. The molecule has 2 aromatic heterocycles. The molecular formula is C21H24N4OS. The average molecular weight is 381 g/mol. The Hall–Kier alpha value is -2.60. The molecule has 1 aromatic carbocycles. The zero-order valence-corrected chi connectivity index (χ0v) is 16.7. The molecule has 1 amide bonds. The molecule has 27 heavy (non-hydrogen) atoms. The zero-order chi connectivity index (χ0) is 19.2. The lowest BCUT2D eigenvalue weighted by Crippen LogP contribution is -2.26. The fourth-order valence-electron chi connectivity index (χ4n) is 3.07. The van der Waals surface area contributed by atoms with E-state index in [0.717, 1.165) is 45.4 Å². The van der Waals surface area contributed by atoms with Crippen LogP contribution in [0, 0.1) is 13.8 Å². The Morgan fingerprint density at radius 1 is 1.15 bits per heavy atom. The summed E-state index contributed by atoms with van der Waals surface area (Å²) in [5, 5.41) is 7.66. The van der Waals surface area contributed by atoms with Crippen LogP contribution >= 0.6 is 11.8 Å². The Morgan fingerprint density at radius 2 is 1.93 bits per heavy atom. The first-order chi connectivity index (χ1) is 13.1. The summed E-state index contributed by atoms with van der Waals surface area (Å²) in [6.07, 6.45) is 2.50. The Balaban J connectivity index is 1.68. The Kier molecular flexibility index (Phi) is 6.29. The van der Waals surface area contributed by atoms with Crippen molar-refractivity contribution in [1.29, 1.82) is 0 Å². The van der Waals surface area contributed by atoms with Crippen LogP contribution in [0.15, 0.2) is 53.6 Å². The van der Waals surface area contributed by atoms with Gasteiger partial charge in [-0.1, -0.05) is 25.1 Å². The van der Waals surface area contributed by atoms with Crippen LogP contribution < -0.4 is 5.32 Å². The third-order valence-electron chi connectivity index (χ3n) is 4.40. The smallest absolute Gasteiger partial charge is 0.252 e. The molecule has 0 aliphatic rings. The van der Waals surface area contributed by atoms with Crippen molar-refractivity contribution in [2.45, 2.75) is 32.1 Å². The number of amides is 1. The van der Waals surface area contributed by atoms with Crippen LogP contribution in [0.25, 0.3) is 5.82 Å². The van der Waals surface area contributed by atoms with Gasteiger partial charge < -0.3 is 5.32 Å². The number of rotatable bonds is 7. The summed E-state index contributed by atoms with van der Waals surface area (Å²) in [7, 11) is 0. The van der Waals surface area contributed by atoms with Crippen LogP contribution in [0.2, 0.25) is 0 Å². The number of pyridine rings is 1. The highest BCUT2D eigenvalue weighted by Crippen LogP contribution is 2.22. The summed E-state index contributed by atoms with van der Waals surface area (Å²) in [5.74, 6) is 1.72. The van der Waals surface area contributed by atoms with E-state index in [1.165, 1.54) is 0 Å². The molecule has 3 aromatic rings. The Bertz CT molecular complexity index is 921. The van der Waals surface area contributed by atoms with Gasteiger partial charge in [-0.15, -0.1) is 11.8 Å². The van der Waals surface area contributed by atoms with E-state index in [9.17, 15) is 4.79 Å². The molecule has 0 aliphatic heterocycles. The van der Waals surface area contributed by atoms with Gasteiger partial charge in [-0.05, 0) is 55.9 Å². The Labute approximate surface area is 164 Å². The molecule has 5 nitrogen and oxygen atoms in total. The maximum Gasteiger partial charge on any atom is 0.252 e. The Morgan fingerprint density at radius 3 is 2.67 bits per heavy atom. The van der Waals surface area contributed by atoms with E-state index < -0.39 is 0 Å². The molecule has 2 heterocycles. The van der Waals surface area contributed by atoms with Gasteiger partial charge in [0.25, 0.3) is 5.91 Å². The number of thioether (sulfide) groups is 1. The van der Waals surface area contributed by atoms with Crippen molar-refractivity contribution in [3.8, 4) is 5.82 Å². The molecule has 0 atom stereocenters. The largest absolute Gasteiger partial charge is 0.352 e. The van der Waals surface area contributed by atoms with Crippen LogP contribution in [0.4, 0.5) is 0 Å². The summed E-state index contributed by atoms with van der Waals surface area (Å²) >= 11 is 1.68. The minimum atomic E-state index is -0.0287. The van der Waals surface area contributed by atoms with Crippen LogP contribution in [-0.4, -0.2) is 33.0 Å². The lowest BCUT2D eigenvalue weighted by molar-refractivity contribution is 0.0951. The molecule has 0 saturated heterocycles. The highest BCUT2D eigenvalue weighted by atomic mass is 32.2. The molecule has 3 rings (SSSR count). The summed E-state index contributed by atoms with van der Waals surface area (Å²) < 4.78 is 1.86. The lowest BCUT2D eigenvalue weighted by atomic mass is 10.1. The fraction of sp³-hybridized carbons (Fsp3) is 0.286. The normalized spacial score (nSPS) is 10.8. The molecule has 0 spiro atoms. The van der Waals surface area contributed by atoms with Gasteiger partial charge in [0.2, 0.25) is 0 Å². The van der Waals surface area contributed by atoms with Gasteiger partial charge in [-0.2, -0.15) is 5.10 Å². The van der Waals surface area contributed by atoms with E-state index in [0.29, 0.717) is 6.54 Å². The second-order valence-electron chi connectivity index (χ2n) is 6.18. The van der Waals surface area contributed by atoms with Gasteiger partial charge in [0.05, 0.1) is 11.3 Å². The summed E-state index contributed by atoms with van der Waals surface area (Å²) in [6.45, 7) is 6.69. The van der Waals surface area contributed by atoms with E-state index in [1.54, 1.807) is 18.0 Å². The van der Waals surface area contributed by atoms with Gasteiger partial charge in [0.1, 0.15) is 0 Å². The van der Waals surface area contributed by atoms with Gasteiger partial charge in [0, 0.05) is 23.3 Å². The molecule has 1 N–H and O–H groups in total. The highest BCUT2D eigenvalue weighted by molar-refractivity contribution is 7.99. The van der Waals surface area contributed by atoms with E-state index in [4.69, 9.17) is 0 Å². The third kappa shape index (κ3) is 4.39. The quantitative estimate of drug-likeness (QED) is 0.630. The van der Waals surface area contributed by atoms with Crippen molar-refractivity contribution in [1.82, 2.24) is 20.1 Å². The maximum absolute atomic E-state index is 12.6. The standard InChI is InChI=1S/C21H24N4OS/c1-4-27-19-10-6-5-9-18(19)21(26)23-14-12-17-15(2)24-25(16(17)3)20-11-7-8-13-22-20/h5-11,13H,4,12,14H2,1-3H3,(H,23,26). The first-order valence-corrected chi connectivity index (χ1v) is 10.1. The van der Waals surface area contributed by atoms with Crippen molar-refractivity contribution < 1.29 is 4.79 Å². The maximum atomic E-state index is 12.6. The van der Waals surface area contributed by atoms with Crippen molar-refractivity contribution in [2.75, 3.05) is 12.3 Å². The number of aromatic nitrogens is 3. The van der Waals surface area contributed by atoms with E-state index >= 15 is 0 Å². The number of carbonyl (C=O) groups is 1. The predicted molar refractivity (Wildman–Crippen MR) is 110 cm³/mol. The lowest BCUT2D eigenvalue weighted by Gasteiger charge is -2.09. The number of aryl methyl sites for hydroxylation is 1. The first-order valence-electron chi connectivity index (χ1n) is 9.08. The van der Waals surface area contributed by atoms with Gasteiger partial charge in [-0.25, -0.2) is 9.67 Å². The number of hydrogen-bond donors (Lipinski definition) is 1. The number of carbonyl (C=O) groups excluding carboxylic acids is 1. The number of hydrogen-bond acceptors (Lipinski definition) is 4.